The van der Waals surface area contributed by atoms with Gasteiger partial charge in [0.2, 0.25) is 27.3 Å². The Morgan fingerprint density at radius 2 is 1.81 bits per heavy atom. The van der Waals surface area contributed by atoms with E-state index in [1.807, 2.05) is 33.0 Å². The predicted molar refractivity (Wildman–Crippen MR) is 233 cm³/mol. The number of nitrogens with zero attached hydrogens (tertiary/aromatic N) is 10. The monoisotopic (exact) mass is 875 g/mol. The van der Waals surface area contributed by atoms with Crippen molar-refractivity contribution in [3.8, 4) is 17.0 Å². The van der Waals surface area contributed by atoms with Crippen molar-refractivity contribution in [3.05, 3.63) is 90.8 Å². The number of hydrogen-bond acceptors (Lipinski definition) is 13. The first-order chi connectivity index (χ1) is 30.2. The van der Waals surface area contributed by atoms with Gasteiger partial charge in [0.05, 0.1) is 33.3 Å². The number of H-pyrrole nitrogens is 1. The van der Waals surface area contributed by atoms with E-state index in [4.69, 9.17) is 4.74 Å². The van der Waals surface area contributed by atoms with Crippen molar-refractivity contribution in [2.45, 2.75) is 62.6 Å². The van der Waals surface area contributed by atoms with Crippen LogP contribution in [-0.2, 0) is 28.2 Å². The molecule has 3 amide bonds. The zero-order valence-electron chi connectivity index (χ0n) is 35.3. The topological polar surface area (TPSA) is 201 Å². The molecule has 0 radical (unpaired) electrons. The number of benzene rings is 3. The van der Waals surface area contributed by atoms with E-state index in [-0.39, 0.29) is 58.4 Å². The number of hydrogen-bond donors (Lipinski definition) is 3. The third kappa shape index (κ3) is 8.02. The number of aromatic nitrogens is 8. The van der Waals surface area contributed by atoms with Gasteiger partial charge >= 0.3 is 6.03 Å². The summed E-state index contributed by atoms with van der Waals surface area (Å²) in [4.78, 5) is 39.5. The molecule has 326 valence electrons. The van der Waals surface area contributed by atoms with Crippen LogP contribution in [0.15, 0.2) is 89.2 Å². The molecule has 18 nitrogen and oxygen atoms in total. The van der Waals surface area contributed by atoms with E-state index in [0.717, 1.165) is 47.9 Å². The lowest BCUT2D eigenvalue weighted by molar-refractivity contribution is -0.120. The molecule has 0 unspecified atom stereocenters. The molecule has 0 aliphatic carbocycles. The summed E-state index contributed by atoms with van der Waals surface area (Å²) in [6.07, 6.45) is 4.78. The molecule has 0 bridgehead atoms. The average Bonchev–Trinajstić information content (AvgIpc) is 4.01. The van der Waals surface area contributed by atoms with Crippen LogP contribution in [0.3, 0.4) is 0 Å². The van der Waals surface area contributed by atoms with Gasteiger partial charge in [0.1, 0.15) is 17.8 Å². The van der Waals surface area contributed by atoms with Gasteiger partial charge in [0.25, 0.3) is 0 Å². The fraction of sp³-hybridized carbons (Fsp3) is 0.326. The number of aryl methyl sites for hydroxylation is 1. The molecule has 63 heavy (non-hydrogen) atoms. The minimum atomic E-state index is -4.09. The van der Waals surface area contributed by atoms with Gasteiger partial charge in [-0.05, 0) is 73.9 Å². The quantitative estimate of drug-likeness (QED) is 0.135. The number of carbonyl (C=O) groups is 2. The minimum absolute atomic E-state index is 0.0120. The number of ether oxygens (including phenoxy) is 1. The Balaban J connectivity index is 0.890. The number of carbonyl (C=O) groups excluding carboxylic acids is 2. The molecular formula is C43H46FN13O5S. The number of amides is 3. The molecule has 0 saturated carbocycles. The van der Waals surface area contributed by atoms with E-state index in [1.54, 1.807) is 29.2 Å². The van der Waals surface area contributed by atoms with Crippen LogP contribution in [0.4, 0.5) is 32.3 Å². The summed E-state index contributed by atoms with van der Waals surface area (Å²) in [6.45, 7) is 11.1. The summed E-state index contributed by atoms with van der Waals surface area (Å²) in [7, 11) is -2.25. The zero-order valence-corrected chi connectivity index (χ0v) is 36.1. The Bertz CT molecular complexity index is 2990. The van der Waals surface area contributed by atoms with Gasteiger partial charge in [-0.15, -0.1) is 5.10 Å². The van der Waals surface area contributed by atoms with Crippen molar-refractivity contribution < 1.29 is 27.1 Å². The van der Waals surface area contributed by atoms with Crippen LogP contribution < -0.4 is 25.2 Å². The summed E-state index contributed by atoms with van der Waals surface area (Å²) < 4.78 is 52.8. The third-order valence-corrected chi connectivity index (χ3v) is 13.1. The van der Waals surface area contributed by atoms with E-state index < -0.39 is 21.7 Å². The normalized spacial score (nSPS) is 16.5. The summed E-state index contributed by atoms with van der Waals surface area (Å²) in [5.41, 5.74) is 4.27. The highest BCUT2D eigenvalue weighted by molar-refractivity contribution is 7.91. The van der Waals surface area contributed by atoms with Crippen LogP contribution in [0.2, 0.25) is 0 Å². The fourth-order valence-corrected chi connectivity index (χ4v) is 9.53. The molecule has 2 saturated heterocycles. The van der Waals surface area contributed by atoms with Crippen LogP contribution in [-0.4, -0.2) is 103 Å². The minimum Gasteiger partial charge on any atom is -0.485 e. The number of urea groups is 1. The highest BCUT2D eigenvalue weighted by Crippen LogP contribution is 2.35. The third-order valence-electron chi connectivity index (χ3n) is 11.3. The van der Waals surface area contributed by atoms with Gasteiger partial charge in [-0.3, -0.25) is 29.7 Å². The molecule has 3 aromatic carbocycles. The number of rotatable bonds is 12. The summed E-state index contributed by atoms with van der Waals surface area (Å²) >= 11 is 0. The maximum Gasteiger partial charge on any atom is 0.329 e. The molecule has 6 heterocycles. The molecule has 0 spiro atoms. The smallest absolute Gasteiger partial charge is 0.329 e. The standard InChI is InChI=1S/C43H46FN13O5S/c1-25(2)36-23-54(15-16-55(36)29-9-11-32-35(18-29)53(5)51-40(32)56-14-13-37(58)49-43(56)59)22-27-7-6-8-30(17-27)63(60,61)31-10-12-34(33(44)19-31)48-42-50-41-39(62-26(3)4)38(28-20-46-47-21-28)45-24-57(41)52-42/h6-12,17-21,24-26,36H,13-16,22-23H2,1-5H3,(H,46,47)(H,48,52)(H,49,58,59)/t36-/m1/s1. The highest BCUT2D eigenvalue weighted by atomic mass is 32.2. The zero-order chi connectivity index (χ0) is 44.2. The van der Waals surface area contributed by atoms with E-state index in [1.165, 1.54) is 33.9 Å². The summed E-state index contributed by atoms with van der Waals surface area (Å²) in [5.74, 6) is 0.149. The number of piperazine rings is 1. The van der Waals surface area contributed by atoms with Crippen molar-refractivity contribution in [1.82, 2.24) is 49.8 Å². The van der Waals surface area contributed by atoms with Gasteiger partial charge in [0, 0.05) is 75.1 Å². The SMILES string of the molecule is CC(C)Oc1c(-c2cn[nH]c2)ncn2nc(Nc3ccc(S(=O)(=O)c4cccc(CN5CCN(c6ccc7c(N8CCC(=O)NC8=O)nn(C)c7c6)[C@@H](C(C)C)C5)c4)cc3F)nc12. The second-order valence-electron chi connectivity index (χ2n) is 16.3. The summed E-state index contributed by atoms with van der Waals surface area (Å²) in [6, 6.07) is 16.3. The molecule has 2 aliphatic rings. The first-order valence-electron chi connectivity index (χ1n) is 20.6. The van der Waals surface area contributed by atoms with Crippen molar-refractivity contribution in [2.24, 2.45) is 13.0 Å². The van der Waals surface area contributed by atoms with Crippen molar-refractivity contribution in [3.63, 3.8) is 0 Å². The molecule has 1 atom stereocenters. The lowest BCUT2D eigenvalue weighted by Gasteiger charge is -2.45. The number of fused-ring (bicyclic) bond motifs is 2. The predicted octanol–water partition coefficient (Wildman–Crippen LogP) is 5.70. The van der Waals surface area contributed by atoms with Crippen molar-refractivity contribution in [1.29, 1.82) is 0 Å². The fourth-order valence-electron chi connectivity index (χ4n) is 8.18. The number of imide groups is 1. The summed E-state index contributed by atoms with van der Waals surface area (Å²) in [5, 5.41) is 21.9. The number of sulfone groups is 1. The number of anilines is 4. The first kappa shape index (κ1) is 41.4. The van der Waals surface area contributed by atoms with E-state index in [9.17, 15) is 18.0 Å². The molecule has 3 N–H and O–H groups in total. The lowest BCUT2D eigenvalue weighted by Crippen LogP contribution is -2.55. The maximum atomic E-state index is 15.7. The largest absolute Gasteiger partial charge is 0.485 e. The first-order valence-corrected chi connectivity index (χ1v) is 22.1. The van der Waals surface area contributed by atoms with E-state index in [0.29, 0.717) is 35.0 Å². The Hall–Kier alpha value is -6.93. The Kier molecular flexibility index (Phi) is 10.8. The second kappa shape index (κ2) is 16.4. The van der Waals surface area contributed by atoms with Crippen LogP contribution in [0, 0.1) is 11.7 Å². The van der Waals surface area contributed by atoms with Crippen LogP contribution >= 0.6 is 0 Å². The van der Waals surface area contributed by atoms with Crippen LogP contribution in [0.25, 0.3) is 27.8 Å². The Labute approximate surface area is 362 Å². The molecule has 7 aromatic rings. The van der Waals surface area contributed by atoms with Crippen LogP contribution in [0.5, 0.6) is 5.75 Å². The maximum absolute atomic E-state index is 15.7. The highest BCUT2D eigenvalue weighted by Gasteiger charge is 2.32. The van der Waals surface area contributed by atoms with Crippen molar-refractivity contribution >= 4 is 61.5 Å². The molecular weight excluding hydrogens is 830 g/mol. The molecule has 9 rings (SSSR count). The average molecular weight is 876 g/mol. The van der Waals surface area contributed by atoms with Gasteiger partial charge < -0.3 is 15.0 Å². The lowest BCUT2D eigenvalue weighted by atomic mass is 9.98. The van der Waals surface area contributed by atoms with Crippen LogP contribution in [0.1, 0.15) is 39.7 Å². The van der Waals surface area contributed by atoms with E-state index in [2.05, 4.69) is 76.8 Å². The number of halogens is 1. The number of aromatic amines is 1. The van der Waals surface area contributed by atoms with Gasteiger partial charge in [-0.25, -0.2) is 22.6 Å². The number of nitrogens with one attached hydrogen (secondary N) is 3. The molecule has 2 fully saturated rings. The Morgan fingerprint density at radius 1 is 0.984 bits per heavy atom. The Morgan fingerprint density at radius 3 is 2.56 bits per heavy atom. The molecule has 2 aliphatic heterocycles. The van der Waals surface area contributed by atoms with E-state index >= 15 is 4.39 Å². The van der Waals surface area contributed by atoms with Gasteiger partial charge in [-0.1, -0.05) is 26.0 Å². The van der Waals surface area contributed by atoms with Gasteiger partial charge in [-0.2, -0.15) is 19.7 Å². The van der Waals surface area contributed by atoms with Crippen molar-refractivity contribution in [2.75, 3.05) is 41.3 Å². The van der Waals surface area contributed by atoms with Gasteiger partial charge in [0.15, 0.2) is 11.6 Å². The molecule has 20 heteroatoms. The second-order valence-corrected chi connectivity index (χ2v) is 18.3. The molecule has 4 aromatic heterocycles.